The predicted molar refractivity (Wildman–Crippen MR) is 106 cm³/mol. The monoisotopic (exact) mass is 392 g/mol. The summed E-state index contributed by atoms with van der Waals surface area (Å²) in [5.41, 5.74) is 0.0968. The van der Waals surface area contributed by atoms with Crippen molar-refractivity contribution in [2.45, 2.75) is 50.7 Å². The standard InChI is InChI=1S/C21H29ClN2O3/c22-17-3-1-2-4-18(17)23-10-7-16(8-11-23)24-12-9-19(25)21(14-24,20(26)27)13-15-5-6-15/h1-4,15-16,19,25H,5-14H2,(H,26,27)/t19-,21+/m1/s1. The van der Waals surface area contributed by atoms with Crippen LogP contribution in [0.25, 0.3) is 0 Å². The van der Waals surface area contributed by atoms with E-state index in [9.17, 15) is 15.0 Å². The first-order chi connectivity index (χ1) is 13.0. The van der Waals surface area contributed by atoms with Gasteiger partial charge in [-0.3, -0.25) is 9.69 Å². The fourth-order valence-electron chi connectivity index (χ4n) is 4.94. The number of piperidine rings is 2. The second kappa shape index (κ2) is 7.61. The molecule has 1 aliphatic carbocycles. The zero-order valence-electron chi connectivity index (χ0n) is 15.7. The number of carboxylic acids is 1. The number of likely N-dealkylation sites (tertiary alicyclic amines) is 1. The molecule has 3 aliphatic rings. The SMILES string of the molecule is O=C(O)[C@@]1(CC2CC2)CN(C2CCN(c3ccccc3Cl)CC2)CC[C@H]1O. The van der Waals surface area contributed by atoms with E-state index in [0.717, 1.165) is 56.0 Å². The zero-order valence-corrected chi connectivity index (χ0v) is 16.4. The van der Waals surface area contributed by atoms with E-state index in [0.29, 0.717) is 31.3 Å². The Bertz CT molecular complexity index is 688. The summed E-state index contributed by atoms with van der Waals surface area (Å²) < 4.78 is 0. The van der Waals surface area contributed by atoms with Crippen LogP contribution in [0.15, 0.2) is 24.3 Å². The highest BCUT2D eigenvalue weighted by Crippen LogP contribution is 2.45. The van der Waals surface area contributed by atoms with Crippen LogP contribution in [0, 0.1) is 11.3 Å². The summed E-state index contributed by atoms with van der Waals surface area (Å²) in [6, 6.07) is 8.33. The molecular weight excluding hydrogens is 364 g/mol. The number of hydrogen-bond acceptors (Lipinski definition) is 4. The summed E-state index contributed by atoms with van der Waals surface area (Å²) in [4.78, 5) is 16.8. The van der Waals surface area contributed by atoms with Gasteiger partial charge < -0.3 is 15.1 Å². The normalized spacial score (nSPS) is 30.4. The van der Waals surface area contributed by atoms with Crippen molar-refractivity contribution in [2.75, 3.05) is 31.1 Å². The maximum absolute atomic E-state index is 12.1. The van der Waals surface area contributed by atoms with Crippen molar-refractivity contribution in [1.29, 1.82) is 0 Å². The van der Waals surface area contributed by atoms with E-state index in [-0.39, 0.29) is 0 Å². The third kappa shape index (κ3) is 3.82. The van der Waals surface area contributed by atoms with Gasteiger partial charge in [0.15, 0.2) is 0 Å². The number of carboxylic acid groups (broad SMARTS) is 1. The molecule has 4 rings (SSSR count). The average Bonchev–Trinajstić information content (AvgIpc) is 3.48. The fraction of sp³-hybridized carbons (Fsp3) is 0.667. The minimum atomic E-state index is -0.987. The molecule has 2 saturated heterocycles. The van der Waals surface area contributed by atoms with Gasteiger partial charge in [0.05, 0.1) is 16.8 Å². The summed E-state index contributed by atoms with van der Waals surface area (Å²) in [5, 5.41) is 21.3. The van der Waals surface area contributed by atoms with Crippen LogP contribution in [0.3, 0.4) is 0 Å². The molecule has 2 N–H and O–H groups in total. The summed E-state index contributed by atoms with van der Waals surface area (Å²) in [6.07, 6.45) is 4.68. The van der Waals surface area contributed by atoms with Gasteiger partial charge in [0.1, 0.15) is 5.41 Å². The lowest BCUT2D eigenvalue weighted by Gasteiger charge is -2.48. The van der Waals surface area contributed by atoms with Gasteiger partial charge in [-0.1, -0.05) is 36.6 Å². The highest BCUT2D eigenvalue weighted by molar-refractivity contribution is 6.33. The number of nitrogens with zero attached hydrogens (tertiary/aromatic N) is 2. The minimum absolute atomic E-state index is 0.383. The molecule has 0 radical (unpaired) electrons. The fourth-order valence-corrected chi connectivity index (χ4v) is 5.19. The Hall–Kier alpha value is -1.30. The third-order valence-electron chi connectivity index (χ3n) is 6.76. The van der Waals surface area contributed by atoms with E-state index in [1.54, 1.807) is 0 Å². The molecular formula is C21H29ClN2O3. The van der Waals surface area contributed by atoms with Crippen molar-refractivity contribution in [3.63, 3.8) is 0 Å². The van der Waals surface area contributed by atoms with E-state index in [2.05, 4.69) is 15.9 Å². The van der Waals surface area contributed by atoms with Crippen molar-refractivity contribution < 1.29 is 15.0 Å². The molecule has 2 heterocycles. The van der Waals surface area contributed by atoms with Crippen molar-refractivity contribution in [1.82, 2.24) is 4.90 Å². The molecule has 0 amide bonds. The van der Waals surface area contributed by atoms with Gasteiger partial charge in [-0.15, -0.1) is 0 Å². The first-order valence-electron chi connectivity index (χ1n) is 10.1. The topological polar surface area (TPSA) is 64.0 Å². The first-order valence-corrected chi connectivity index (χ1v) is 10.5. The van der Waals surface area contributed by atoms with Gasteiger partial charge in [0, 0.05) is 32.2 Å². The second-order valence-electron chi connectivity index (χ2n) is 8.55. The quantitative estimate of drug-likeness (QED) is 0.805. The van der Waals surface area contributed by atoms with Crippen LogP contribution in [-0.4, -0.2) is 59.4 Å². The number of aliphatic hydroxyl groups excluding tert-OH is 1. The van der Waals surface area contributed by atoms with Crippen LogP contribution in [0.4, 0.5) is 5.69 Å². The third-order valence-corrected chi connectivity index (χ3v) is 7.08. The predicted octanol–water partition coefficient (Wildman–Crippen LogP) is 3.25. The molecule has 2 atom stereocenters. The van der Waals surface area contributed by atoms with E-state index in [1.807, 2.05) is 18.2 Å². The number of para-hydroxylation sites is 1. The highest BCUT2D eigenvalue weighted by Gasteiger charge is 2.52. The van der Waals surface area contributed by atoms with Crippen LogP contribution in [0.5, 0.6) is 0 Å². The van der Waals surface area contributed by atoms with Gasteiger partial charge in [0.2, 0.25) is 0 Å². The first kappa shape index (κ1) is 19.0. The molecule has 2 aliphatic heterocycles. The number of carbonyl (C=O) groups is 1. The maximum atomic E-state index is 12.1. The number of hydrogen-bond donors (Lipinski definition) is 2. The molecule has 1 aromatic rings. The van der Waals surface area contributed by atoms with Gasteiger partial charge >= 0.3 is 5.97 Å². The summed E-state index contributed by atoms with van der Waals surface area (Å²) >= 11 is 6.34. The molecule has 0 unspecified atom stereocenters. The Kier molecular flexibility index (Phi) is 5.36. The lowest BCUT2D eigenvalue weighted by Crippen LogP contribution is -2.59. The smallest absolute Gasteiger partial charge is 0.313 e. The van der Waals surface area contributed by atoms with Gasteiger partial charge in [-0.05, 0) is 43.7 Å². The number of benzene rings is 1. The van der Waals surface area contributed by atoms with Crippen LogP contribution in [-0.2, 0) is 4.79 Å². The van der Waals surface area contributed by atoms with Crippen molar-refractivity contribution in [3.8, 4) is 0 Å². The van der Waals surface area contributed by atoms with Crippen LogP contribution >= 0.6 is 11.6 Å². The minimum Gasteiger partial charge on any atom is -0.481 e. The Morgan fingerprint density at radius 3 is 2.44 bits per heavy atom. The largest absolute Gasteiger partial charge is 0.481 e. The summed E-state index contributed by atoms with van der Waals surface area (Å²) in [6.45, 7) is 3.13. The van der Waals surface area contributed by atoms with Crippen molar-refractivity contribution in [2.24, 2.45) is 11.3 Å². The molecule has 1 saturated carbocycles. The molecule has 1 aromatic carbocycles. The maximum Gasteiger partial charge on any atom is 0.313 e. The molecule has 3 fully saturated rings. The Balaban J connectivity index is 1.42. The lowest BCUT2D eigenvalue weighted by molar-refractivity contribution is -0.166. The molecule has 0 aromatic heterocycles. The van der Waals surface area contributed by atoms with Crippen LogP contribution in [0.2, 0.25) is 5.02 Å². The number of aliphatic carboxylic acids is 1. The summed E-state index contributed by atoms with van der Waals surface area (Å²) in [5.74, 6) is -0.335. The van der Waals surface area contributed by atoms with Gasteiger partial charge in [-0.25, -0.2) is 0 Å². The van der Waals surface area contributed by atoms with E-state index < -0.39 is 17.5 Å². The lowest BCUT2D eigenvalue weighted by atomic mass is 9.72. The Labute approximate surface area is 165 Å². The second-order valence-corrected chi connectivity index (χ2v) is 8.96. The van der Waals surface area contributed by atoms with Gasteiger partial charge in [-0.2, -0.15) is 0 Å². The molecule has 6 heteroatoms. The van der Waals surface area contributed by atoms with E-state index >= 15 is 0 Å². The Morgan fingerprint density at radius 2 is 1.81 bits per heavy atom. The zero-order chi connectivity index (χ0) is 19.0. The number of halogens is 1. The van der Waals surface area contributed by atoms with Crippen molar-refractivity contribution >= 4 is 23.3 Å². The van der Waals surface area contributed by atoms with Crippen LogP contribution in [0.1, 0.15) is 38.5 Å². The van der Waals surface area contributed by atoms with E-state index in [4.69, 9.17) is 11.6 Å². The Morgan fingerprint density at radius 1 is 1.11 bits per heavy atom. The number of aliphatic hydroxyl groups is 1. The van der Waals surface area contributed by atoms with Crippen LogP contribution < -0.4 is 4.90 Å². The molecule has 0 spiro atoms. The average molecular weight is 393 g/mol. The summed E-state index contributed by atoms with van der Waals surface area (Å²) in [7, 11) is 0. The number of rotatable bonds is 5. The van der Waals surface area contributed by atoms with Gasteiger partial charge in [0.25, 0.3) is 0 Å². The highest BCUT2D eigenvalue weighted by atomic mass is 35.5. The molecule has 5 nitrogen and oxygen atoms in total. The molecule has 27 heavy (non-hydrogen) atoms. The van der Waals surface area contributed by atoms with Crippen molar-refractivity contribution in [3.05, 3.63) is 29.3 Å². The van der Waals surface area contributed by atoms with E-state index in [1.165, 1.54) is 0 Å². The molecule has 148 valence electrons. The number of anilines is 1. The molecule has 0 bridgehead atoms.